The molecule has 34 heavy (non-hydrogen) atoms. The molecule has 0 spiro atoms. The smallest absolute Gasteiger partial charge is 0.335 e. The van der Waals surface area contributed by atoms with E-state index in [0.29, 0.717) is 10.9 Å². The number of hydrogen-bond donors (Lipinski definition) is 2. The van der Waals surface area contributed by atoms with Crippen molar-refractivity contribution in [2.45, 2.75) is 25.9 Å². The molecule has 0 radical (unpaired) electrons. The van der Waals surface area contributed by atoms with Crippen LogP contribution in [0.25, 0.3) is 11.3 Å². The van der Waals surface area contributed by atoms with Crippen LogP contribution in [0.4, 0.5) is 5.69 Å². The maximum atomic E-state index is 11.2. The summed E-state index contributed by atoms with van der Waals surface area (Å²) in [6, 6.07) is 22.2. The third-order valence-electron chi connectivity index (χ3n) is 5.92. The second-order valence-electron chi connectivity index (χ2n) is 8.43. The summed E-state index contributed by atoms with van der Waals surface area (Å²) in [4.78, 5) is 17.9. The molecule has 170 valence electrons. The van der Waals surface area contributed by atoms with Crippen molar-refractivity contribution in [3.05, 3.63) is 107 Å². The molecule has 1 aliphatic rings. The van der Waals surface area contributed by atoms with E-state index in [1.165, 1.54) is 0 Å². The Labute approximate surface area is 202 Å². The molecule has 0 amide bonds. The number of carbonyl (C=O) groups is 1. The van der Waals surface area contributed by atoms with E-state index in [-0.39, 0.29) is 17.6 Å². The van der Waals surface area contributed by atoms with Crippen LogP contribution in [-0.4, -0.2) is 21.2 Å². The van der Waals surface area contributed by atoms with Crippen LogP contribution in [0.15, 0.2) is 83.4 Å². The molecule has 6 nitrogen and oxygen atoms in total. The van der Waals surface area contributed by atoms with Crippen LogP contribution in [-0.2, 0) is 0 Å². The van der Waals surface area contributed by atoms with E-state index in [1.54, 1.807) is 30.5 Å². The molecule has 2 N–H and O–H groups in total. The monoisotopic (exact) mass is 469 g/mol. The van der Waals surface area contributed by atoms with Crippen molar-refractivity contribution in [2.24, 2.45) is 0 Å². The molecular formula is C27H23N3O3S. The fraction of sp³-hybridized carbons (Fsp3) is 0.148. The van der Waals surface area contributed by atoms with Gasteiger partial charge in [-0.05, 0) is 85.7 Å². The molecule has 0 bridgehead atoms. The van der Waals surface area contributed by atoms with Crippen molar-refractivity contribution in [2.75, 3.05) is 4.90 Å². The van der Waals surface area contributed by atoms with E-state index in [9.17, 15) is 9.90 Å². The molecule has 1 saturated heterocycles. The number of carboxylic acid groups (broad SMARTS) is 1. The first kappa shape index (κ1) is 21.9. The zero-order chi connectivity index (χ0) is 23.8. The van der Waals surface area contributed by atoms with Gasteiger partial charge in [0.05, 0.1) is 17.3 Å². The average molecular weight is 470 g/mol. The lowest BCUT2D eigenvalue weighted by atomic mass is 10.0. The molecule has 2 aromatic carbocycles. The SMILES string of the molecule is Cc1cc(C)cc(N2C(=S)NC(c3ccccn3)C2c2ccc(-c3ccc(C(=O)O)cc3)o2)c1. The van der Waals surface area contributed by atoms with Crippen molar-refractivity contribution >= 4 is 29.0 Å². The molecule has 3 heterocycles. The molecule has 7 heteroatoms. The number of benzene rings is 2. The van der Waals surface area contributed by atoms with Gasteiger partial charge in [-0.15, -0.1) is 0 Å². The van der Waals surface area contributed by atoms with Gasteiger partial charge in [0.15, 0.2) is 5.11 Å². The van der Waals surface area contributed by atoms with Gasteiger partial charge in [-0.1, -0.05) is 24.3 Å². The summed E-state index contributed by atoms with van der Waals surface area (Å²) >= 11 is 5.79. The quantitative estimate of drug-likeness (QED) is 0.356. The Morgan fingerprint density at radius 3 is 2.41 bits per heavy atom. The van der Waals surface area contributed by atoms with E-state index in [0.717, 1.165) is 33.8 Å². The first-order valence-corrected chi connectivity index (χ1v) is 11.3. The van der Waals surface area contributed by atoms with Crippen LogP contribution >= 0.6 is 12.2 Å². The Hall–Kier alpha value is -3.97. The highest BCUT2D eigenvalue weighted by Gasteiger charge is 2.42. The maximum Gasteiger partial charge on any atom is 0.335 e. The minimum absolute atomic E-state index is 0.206. The molecular weight excluding hydrogens is 446 g/mol. The molecule has 0 aliphatic carbocycles. The Morgan fingerprint density at radius 2 is 1.76 bits per heavy atom. The van der Waals surface area contributed by atoms with Crippen LogP contribution in [0, 0.1) is 13.8 Å². The molecule has 2 atom stereocenters. The van der Waals surface area contributed by atoms with Gasteiger partial charge in [0.25, 0.3) is 0 Å². The van der Waals surface area contributed by atoms with E-state index < -0.39 is 5.97 Å². The average Bonchev–Trinajstić information content (AvgIpc) is 3.43. The predicted molar refractivity (Wildman–Crippen MR) is 135 cm³/mol. The largest absolute Gasteiger partial charge is 0.478 e. The number of carboxylic acids is 1. The Kier molecular flexibility index (Phi) is 5.63. The van der Waals surface area contributed by atoms with Crippen LogP contribution in [0.2, 0.25) is 0 Å². The molecule has 2 aromatic heterocycles. The van der Waals surface area contributed by atoms with Crippen molar-refractivity contribution in [1.29, 1.82) is 0 Å². The Bertz CT molecular complexity index is 1350. The summed E-state index contributed by atoms with van der Waals surface area (Å²) in [5.41, 5.74) is 5.19. The minimum Gasteiger partial charge on any atom is -0.478 e. The number of nitrogens with zero attached hydrogens (tertiary/aromatic N) is 2. The highest BCUT2D eigenvalue weighted by atomic mass is 32.1. The molecule has 0 saturated carbocycles. The number of aromatic carboxylic acids is 1. The Balaban J connectivity index is 1.58. The van der Waals surface area contributed by atoms with Gasteiger partial charge in [0.2, 0.25) is 0 Å². The molecule has 4 aromatic rings. The summed E-state index contributed by atoms with van der Waals surface area (Å²) in [5.74, 6) is 0.434. The second-order valence-corrected chi connectivity index (χ2v) is 8.81. The van der Waals surface area contributed by atoms with Crippen molar-refractivity contribution in [3.63, 3.8) is 0 Å². The van der Waals surface area contributed by atoms with Gasteiger partial charge in [-0.3, -0.25) is 4.98 Å². The predicted octanol–water partition coefficient (Wildman–Crippen LogP) is 5.83. The Morgan fingerprint density at radius 1 is 1.03 bits per heavy atom. The van der Waals surface area contributed by atoms with Gasteiger partial charge in [0, 0.05) is 17.4 Å². The van der Waals surface area contributed by atoms with Crippen LogP contribution in [0.5, 0.6) is 0 Å². The zero-order valence-electron chi connectivity index (χ0n) is 18.7. The van der Waals surface area contributed by atoms with Crippen molar-refractivity contribution < 1.29 is 14.3 Å². The van der Waals surface area contributed by atoms with Gasteiger partial charge in [-0.25, -0.2) is 4.79 Å². The summed E-state index contributed by atoms with van der Waals surface area (Å²) in [7, 11) is 0. The third kappa shape index (κ3) is 4.06. The molecule has 5 rings (SSSR count). The van der Waals surface area contributed by atoms with Crippen molar-refractivity contribution in [3.8, 4) is 11.3 Å². The van der Waals surface area contributed by atoms with Gasteiger partial charge < -0.3 is 19.7 Å². The lowest BCUT2D eigenvalue weighted by molar-refractivity contribution is 0.0697. The summed E-state index contributed by atoms with van der Waals surface area (Å²) in [5, 5.41) is 13.2. The highest BCUT2D eigenvalue weighted by molar-refractivity contribution is 7.80. The molecule has 1 fully saturated rings. The van der Waals surface area contributed by atoms with E-state index in [1.807, 2.05) is 30.3 Å². The fourth-order valence-corrected chi connectivity index (χ4v) is 4.80. The first-order valence-electron chi connectivity index (χ1n) is 10.9. The lowest BCUT2D eigenvalue weighted by Gasteiger charge is -2.26. The highest BCUT2D eigenvalue weighted by Crippen LogP contribution is 2.43. The number of hydrogen-bond acceptors (Lipinski definition) is 4. The van der Waals surface area contributed by atoms with Gasteiger partial charge >= 0.3 is 5.97 Å². The van der Waals surface area contributed by atoms with Crippen LogP contribution < -0.4 is 10.2 Å². The topological polar surface area (TPSA) is 78.6 Å². The number of aryl methyl sites for hydroxylation is 2. The molecule has 1 aliphatic heterocycles. The summed E-state index contributed by atoms with van der Waals surface area (Å²) in [6.45, 7) is 4.14. The first-order chi connectivity index (χ1) is 16.4. The minimum atomic E-state index is -0.959. The zero-order valence-corrected chi connectivity index (χ0v) is 19.5. The van der Waals surface area contributed by atoms with E-state index in [2.05, 4.69) is 47.2 Å². The van der Waals surface area contributed by atoms with Gasteiger partial charge in [0.1, 0.15) is 17.6 Å². The van der Waals surface area contributed by atoms with Crippen LogP contribution in [0.3, 0.4) is 0 Å². The maximum absolute atomic E-state index is 11.2. The van der Waals surface area contributed by atoms with E-state index >= 15 is 0 Å². The number of anilines is 1. The number of pyridine rings is 1. The van der Waals surface area contributed by atoms with Gasteiger partial charge in [-0.2, -0.15) is 0 Å². The number of aromatic nitrogens is 1. The number of rotatable bonds is 5. The van der Waals surface area contributed by atoms with E-state index in [4.69, 9.17) is 16.6 Å². The normalized spacial score (nSPS) is 17.6. The number of nitrogens with one attached hydrogen (secondary N) is 1. The summed E-state index contributed by atoms with van der Waals surface area (Å²) < 4.78 is 6.35. The lowest BCUT2D eigenvalue weighted by Crippen LogP contribution is -2.29. The van der Waals surface area contributed by atoms with Crippen molar-refractivity contribution in [1.82, 2.24) is 10.3 Å². The van der Waals surface area contributed by atoms with Crippen LogP contribution in [0.1, 0.15) is 45.0 Å². The second kappa shape index (κ2) is 8.76. The number of thiocarbonyl (C=S) groups is 1. The standard InChI is InChI=1S/C27H23N3O3S/c1-16-13-17(2)15-20(14-16)30-25(24(29-27(30)34)21-5-3-4-12-28-21)23-11-10-22(33-23)18-6-8-19(9-7-18)26(31)32/h3-15,24-25H,1-2H3,(H,29,34)(H,31,32). The number of furan rings is 1. The summed E-state index contributed by atoms with van der Waals surface area (Å²) in [6.07, 6.45) is 1.77. The fourth-order valence-electron chi connectivity index (χ4n) is 4.46. The molecule has 2 unspecified atom stereocenters. The third-order valence-corrected chi connectivity index (χ3v) is 6.23.